The summed E-state index contributed by atoms with van der Waals surface area (Å²) in [5.41, 5.74) is -0.126. The summed E-state index contributed by atoms with van der Waals surface area (Å²) in [6, 6.07) is -0.103. The highest BCUT2D eigenvalue weighted by molar-refractivity contribution is 6.10. The van der Waals surface area contributed by atoms with Gasteiger partial charge in [-0.15, -0.1) is 12.3 Å². The Morgan fingerprint density at radius 1 is 1.38 bits per heavy atom. The van der Waals surface area contributed by atoms with Crippen LogP contribution in [0.15, 0.2) is 0 Å². The Balaban J connectivity index is 2.19. The summed E-state index contributed by atoms with van der Waals surface area (Å²) in [5.74, 6) is 2.34. The molecule has 2 aliphatic rings. The number of rotatable bonds is 3. The number of hydrogen-bond donors (Lipinski definition) is 0. The molecule has 3 nitrogen and oxygen atoms in total. The van der Waals surface area contributed by atoms with Gasteiger partial charge in [-0.3, -0.25) is 14.5 Å². The van der Waals surface area contributed by atoms with Crippen LogP contribution in [0.25, 0.3) is 0 Å². The zero-order chi connectivity index (χ0) is 12.1. The van der Waals surface area contributed by atoms with Crippen LogP contribution in [0, 0.1) is 29.6 Å². The number of imide groups is 1. The molecule has 0 aromatic heterocycles. The average molecular weight is 219 g/mol. The number of fused-ring (bicyclic) bond motifs is 1. The highest BCUT2D eigenvalue weighted by Crippen LogP contribution is 2.63. The number of nitrogens with zero attached hydrogens (tertiary/aromatic N) is 1. The number of carbonyl (C=O) groups is 2. The third kappa shape index (κ3) is 1.22. The van der Waals surface area contributed by atoms with Gasteiger partial charge in [-0.1, -0.05) is 20.8 Å². The van der Waals surface area contributed by atoms with Crippen LogP contribution in [0.1, 0.15) is 33.6 Å². The van der Waals surface area contributed by atoms with Crippen LogP contribution in [0.3, 0.4) is 0 Å². The van der Waals surface area contributed by atoms with E-state index in [0.717, 1.165) is 6.42 Å². The summed E-state index contributed by atoms with van der Waals surface area (Å²) in [6.45, 7) is 5.92. The lowest BCUT2D eigenvalue weighted by Crippen LogP contribution is -2.43. The van der Waals surface area contributed by atoms with Crippen LogP contribution in [0.5, 0.6) is 0 Å². The molecule has 2 fully saturated rings. The third-order valence-electron chi connectivity index (χ3n) is 4.02. The lowest BCUT2D eigenvalue weighted by molar-refractivity contribution is -0.145. The summed E-state index contributed by atoms with van der Waals surface area (Å²) in [6.07, 6.45) is 6.47. The molecule has 1 saturated carbocycles. The van der Waals surface area contributed by atoms with Gasteiger partial charge in [0.15, 0.2) is 0 Å². The minimum atomic E-state index is -0.126. The molecule has 1 aliphatic carbocycles. The zero-order valence-electron chi connectivity index (χ0n) is 9.99. The van der Waals surface area contributed by atoms with Crippen molar-refractivity contribution in [3.8, 4) is 12.3 Å². The second kappa shape index (κ2) is 3.35. The molecule has 2 rings (SSSR count). The van der Waals surface area contributed by atoms with Gasteiger partial charge in [0.05, 0.1) is 17.9 Å². The van der Waals surface area contributed by atoms with Crippen LogP contribution in [-0.4, -0.2) is 22.8 Å². The van der Waals surface area contributed by atoms with E-state index < -0.39 is 0 Å². The first-order valence-corrected chi connectivity index (χ1v) is 5.77. The highest BCUT2D eigenvalue weighted by Gasteiger charge is 2.72. The van der Waals surface area contributed by atoms with Gasteiger partial charge < -0.3 is 0 Å². The molecule has 3 heteroatoms. The first kappa shape index (κ1) is 11.2. The van der Waals surface area contributed by atoms with Gasteiger partial charge in [0.2, 0.25) is 11.8 Å². The molecule has 3 atom stereocenters. The maximum absolute atomic E-state index is 12.1. The van der Waals surface area contributed by atoms with E-state index in [0.29, 0.717) is 6.42 Å². The van der Waals surface area contributed by atoms with E-state index in [9.17, 15) is 9.59 Å². The molecule has 0 radical (unpaired) electrons. The first-order chi connectivity index (χ1) is 7.46. The summed E-state index contributed by atoms with van der Waals surface area (Å²) in [7, 11) is 0. The van der Waals surface area contributed by atoms with E-state index in [1.54, 1.807) is 0 Å². The number of carbonyl (C=O) groups excluding carboxylic acids is 2. The van der Waals surface area contributed by atoms with Crippen molar-refractivity contribution in [2.24, 2.45) is 17.3 Å². The maximum atomic E-state index is 12.1. The number of piperidine rings is 1. The fraction of sp³-hybridized carbons (Fsp3) is 0.692. The molecule has 0 spiro atoms. The third-order valence-corrected chi connectivity index (χ3v) is 4.02. The number of amides is 2. The van der Waals surface area contributed by atoms with E-state index in [-0.39, 0.29) is 35.1 Å². The van der Waals surface area contributed by atoms with Gasteiger partial charge in [0.25, 0.3) is 0 Å². The van der Waals surface area contributed by atoms with Crippen molar-refractivity contribution >= 4 is 11.8 Å². The van der Waals surface area contributed by atoms with Crippen LogP contribution in [0.2, 0.25) is 0 Å². The van der Waals surface area contributed by atoms with Crippen LogP contribution in [-0.2, 0) is 9.59 Å². The van der Waals surface area contributed by atoms with E-state index in [1.807, 2.05) is 20.8 Å². The quantitative estimate of drug-likeness (QED) is 0.532. The Bertz CT molecular complexity index is 367. The fourth-order valence-electron chi connectivity index (χ4n) is 2.88. The Labute approximate surface area is 96.2 Å². The summed E-state index contributed by atoms with van der Waals surface area (Å²) in [4.78, 5) is 25.6. The molecule has 16 heavy (non-hydrogen) atoms. The number of terminal acetylenes is 1. The lowest BCUT2D eigenvalue weighted by atomic mass is 10.0. The molecule has 0 aromatic carbocycles. The van der Waals surface area contributed by atoms with Crippen LogP contribution in [0.4, 0.5) is 0 Å². The molecule has 0 aromatic rings. The second-order valence-corrected chi connectivity index (χ2v) is 5.29. The van der Waals surface area contributed by atoms with Gasteiger partial charge in [-0.05, 0) is 11.8 Å². The molecule has 86 valence electrons. The van der Waals surface area contributed by atoms with E-state index in [2.05, 4.69) is 5.92 Å². The lowest BCUT2D eigenvalue weighted by Gasteiger charge is -2.27. The smallest absolute Gasteiger partial charge is 0.233 e. The number of likely N-dealkylation sites (tertiary alicyclic amines) is 1. The van der Waals surface area contributed by atoms with Crippen LogP contribution >= 0.6 is 0 Å². The van der Waals surface area contributed by atoms with E-state index >= 15 is 0 Å². The topological polar surface area (TPSA) is 37.4 Å². The Morgan fingerprint density at radius 2 is 1.88 bits per heavy atom. The van der Waals surface area contributed by atoms with Crippen molar-refractivity contribution in [3.63, 3.8) is 0 Å². The Hall–Kier alpha value is -1.30. The Kier molecular flexibility index (Phi) is 2.34. The number of hydrogen-bond acceptors (Lipinski definition) is 2. The normalized spacial score (nSPS) is 32.2. The van der Waals surface area contributed by atoms with Crippen molar-refractivity contribution < 1.29 is 9.59 Å². The fourth-order valence-corrected chi connectivity index (χ4v) is 2.88. The second-order valence-electron chi connectivity index (χ2n) is 5.29. The molecule has 1 aliphatic heterocycles. The average Bonchev–Trinajstić information content (AvgIpc) is 2.67. The monoisotopic (exact) mass is 219 g/mol. The summed E-state index contributed by atoms with van der Waals surface area (Å²) < 4.78 is 0. The van der Waals surface area contributed by atoms with Gasteiger partial charge in [0.1, 0.15) is 0 Å². The van der Waals surface area contributed by atoms with Crippen molar-refractivity contribution in [2.45, 2.75) is 39.7 Å². The highest BCUT2D eigenvalue weighted by atomic mass is 16.2. The van der Waals surface area contributed by atoms with Crippen molar-refractivity contribution in [2.75, 3.05) is 0 Å². The Morgan fingerprint density at radius 3 is 2.25 bits per heavy atom. The zero-order valence-corrected chi connectivity index (χ0v) is 9.99. The predicted octanol–water partition coefficient (Wildman–Crippen LogP) is 1.43. The van der Waals surface area contributed by atoms with Gasteiger partial charge in [-0.2, -0.15) is 0 Å². The standard InChI is InChI=1S/C13H17NO2/c1-5-7-8(6-2)14-11(15)9-10(12(14)16)13(9,3)4/h1,8-10H,6-7H2,2-4H3. The SMILES string of the molecule is C#CCC(CC)N1C(=O)C2C(C1=O)C2(C)C. The molecule has 0 N–H and O–H groups in total. The van der Waals surface area contributed by atoms with E-state index in [1.165, 1.54) is 4.90 Å². The summed E-state index contributed by atoms with van der Waals surface area (Å²) >= 11 is 0. The molecule has 1 saturated heterocycles. The van der Waals surface area contributed by atoms with Gasteiger partial charge >= 0.3 is 0 Å². The summed E-state index contributed by atoms with van der Waals surface area (Å²) in [5, 5.41) is 0. The molecule has 1 heterocycles. The molecule has 2 amide bonds. The molecular formula is C13H17NO2. The van der Waals surface area contributed by atoms with Gasteiger partial charge in [0, 0.05) is 6.42 Å². The molecule has 3 unspecified atom stereocenters. The van der Waals surface area contributed by atoms with Gasteiger partial charge in [-0.25, -0.2) is 0 Å². The van der Waals surface area contributed by atoms with Crippen molar-refractivity contribution in [3.05, 3.63) is 0 Å². The minimum absolute atomic E-state index is 0.0119. The predicted molar refractivity (Wildman–Crippen MR) is 60.1 cm³/mol. The molecular weight excluding hydrogens is 202 g/mol. The van der Waals surface area contributed by atoms with Crippen LogP contribution < -0.4 is 0 Å². The minimum Gasteiger partial charge on any atom is -0.278 e. The van der Waals surface area contributed by atoms with Crippen molar-refractivity contribution in [1.29, 1.82) is 0 Å². The molecule has 0 bridgehead atoms. The first-order valence-electron chi connectivity index (χ1n) is 5.77. The maximum Gasteiger partial charge on any atom is 0.233 e. The van der Waals surface area contributed by atoms with Crippen molar-refractivity contribution in [1.82, 2.24) is 4.90 Å². The largest absolute Gasteiger partial charge is 0.278 e. The van der Waals surface area contributed by atoms with E-state index in [4.69, 9.17) is 6.42 Å².